The second-order valence-corrected chi connectivity index (χ2v) is 3.30. The number of aliphatic carboxylic acids is 1. The van der Waals surface area contributed by atoms with Crippen LogP contribution in [0, 0.1) is 5.82 Å². The number of halogens is 1. The molecular formula is C11H13FO4. The maximum Gasteiger partial charge on any atom is 0.332 e. The van der Waals surface area contributed by atoms with Gasteiger partial charge in [0.25, 0.3) is 0 Å². The average Bonchev–Trinajstić information content (AvgIpc) is 2.24. The van der Waals surface area contributed by atoms with Crippen LogP contribution in [0.5, 0.6) is 5.75 Å². The first kappa shape index (κ1) is 12.4. The van der Waals surface area contributed by atoms with Crippen molar-refractivity contribution < 1.29 is 24.1 Å². The Morgan fingerprint density at radius 2 is 2.25 bits per heavy atom. The smallest absolute Gasteiger partial charge is 0.332 e. The van der Waals surface area contributed by atoms with E-state index in [1.165, 1.54) is 18.2 Å². The molecule has 0 aliphatic carbocycles. The summed E-state index contributed by atoms with van der Waals surface area (Å²) in [5, 5.41) is 17.3. The van der Waals surface area contributed by atoms with Crippen LogP contribution in [0.3, 0.4) is 0 Å². The fraction of sp³-hybridized carbons (Fsp3) is 0.364. The van der Waals surface area contributed by atoms with Crippen molar-refractivity contribution in [3.05, 3.63) is 30.1 Å². The van der Waals surface area contributed by atoms with Gasteiger partial charge in [0.05, 0.1) is 6.61 Å². The minimum absolute atomic E-state index is 0.116. The molecule has 1 atom stereocenters. The van der Waals surface area contributed by atoms with Crippen molar-refractivity contribution in [3.8, 4) is 5.75 Å². The zero-order valence-electron chi connectivity index (χ0n) is 8.60. The third-order valence-electron chi connectivity index (χ3n) is 1.97. The highest BCUT2D eigenvalue weighted by atomic mass is 19.1. The monoisotopic (exact) mass is 228 g/mol. The lowest BCUT2D eigenvalue weighted by Gasteiger charge is -2.07. The van der Waals surface area contributed by atoms with Crippen LogP contribution in [0.2, 0.25) is 0 Å². The van der Waals surface area contributed by atoms with E-state index in [9.17, 15) is 9.18 Å². The van der Waals surface area contributed by atoms with Gasteiger partial charge >= 0.3 is 5.97 Å². The van der Waals surface area contributed by atoms with Gasteiger partial charge in [-0.05, 0) is 25.0 Å². The third kappa shape index (κ3) is 4.27. The zero-order valence-corrected chi connectivity index (χ0v) is 8.60. The van der Waals surface area contributed by atoms with E-state index in [4.69, 9.17) is 14.9 Å². The molecule has 0 fully saturated rings. The summed E-state index contributed by atoms with van der Waals surface area (Å²) in [6.07, 6.45) is -0.856. The fourth-order valence-corrected chi connectivity index (χ4v) is 1.15. The van der Waals surface area contributed by atoms with Gasteiger partial charge in [-0.25, -0.2) is 9.18 Å². The Balaban J connectivity index is 2.23. The minimum atomic E-state index is -1.36. The quantitative estimate of drug-likeness (QED) is 0.723. The largest absolute Gasteiger partial charge is 0.493 e. The molecule has 0 radical (unpaired) electrons. The molecule has 0 heterocycles. The average molecular weight is 228 g/mol. The van der Waals surface area contributed by atoms with Crippen molar-refractivity contribution in [2.75, 3.05) is 6.61 Å². The van der Waals surface area contributed by atoms with Gasteiger partial charge in [-0.3, -0.25) is 0 Å². The van der Waals surface area contributed by atoms with Crippen molar-refractivity contribution in [1.29, 1.82) is 0 Å². The second kappa shape index (κ2) is 6.07. The molecule has 1 aromatic rings. The highest BCUT2D eigenvalue weighted by molar-refractivity contribution is 5.71. The highest BCUT2D eigenvalue weighted by Gasteiger charge is 2.11. The van der Waals surface area contributed by atoms with Crippen LogP contribution in [0.1, 0.15) is 12.8 Å². The number of aliphatic hydroxyl groups excluding tert-OH is 1. The molecule has 0 aliphatic heterocycles. The summed E-state index contributed by atoms with van der Waals surface area (Å²) in [5.74, 6) is -1.24. The van der Waals surface area contributed by atoms with Gasteiger partial charge in [0.2, 0.25) is 0 Å². The predicted octanol–water partition coefficient (Wildman–Crippen LogP) is 1.43. The summed E-state index contributed by atoms with van der Waals surface area (Å²) < 4.78 is 17.9. The lowest BCUT2D eigenvalue weighted by Crippen LogP contribution is -2.19. The molecule has 0 amide bonds. The van der Waals surface area contributed by atoms with Crippen LogP contribution in [0.15, 0.2) is 24.3 Å². The number of hydrogen-bond acceptors (Lipinski definition) is 3. The van der Waals surface area contributed by atoms with Gasteiger partial charge in [-0.2, -0.15) is 0 Å². The predicted molar refractivity (Wildman–Crippen MR) is 54.8 cm³/mol. The topological polar surface area (TPSA) is 66.8 Å². The molecule has 0 aromatic heterocycles. The number of carboxylic acid groups (broad SMARTS) is 1. The fourth-order valence-electron chi connectivity index (χ4n) is 1.15. The van der Waals surface area contributed by atoms with E-state index < -0.39 is 12.1 Å². The molecule has 0 spiro atoms. The molecule has 0 bridgehead atoms. The van der Waals surface area contributed by atoms with Crippen LogP contribution in [0.4, 0.5) is 4.39 Å². The number of hydrogen-bond donors (Lipinski definition) is 2. The number of aliphatic hydroxyl groups is 1. The highest BCUT2D eigenvalue weighted by Crippen LogP contribution is 2.12. The van der Waals surface area contributed by atoms with Crippen LogP contribution in [0.25, 0.3) is 0 Å². The molecule has 0 saturated heterocycles. The summed E-state index contributed by atoms with van der Waals surface area (Å²) >= 11 is 0. The van der Waals surface area contributed by atoms with E-state index in [0.717, 1.165) is 0 Å². The second-order valence-electron chi connectivity index (χ2n) is 3.30. The Morgan fingerprint density at radius 1 is 1.50 bits per heavy atom. The molecule has 1 unspecified atom stereocenters. The van der Waals surface area contributed by atoms with E-state index in [2.05, 4.69) is 0 Å². The van der Waals surface area contributed by atoms with Gasteiger partial charge in [0.15, 0.2) is 6.10 Å². The lowest BCUT2D eigenvalue weighted by atomic mass is 10.2. The molecule has 1 rings (SSSR count). The lowest BCUT2D eigenvalue weighted by molar-refractivity contribution is -0.147. The Kier molecular flexibility index (Phi) is 4.72. The number of carboxylic acids is 1. The molecule has 0 aliphatic rings. The van der Waals surface area contributed by atoms with E-state index >= 15 is 0 Å². The van der Waals surface area contributed by atoms with Crippen molar-refractivity contribution in [1.82, 2.24) is 0 Å². The van der Waals surface area contributed by atoms with Crippen LogP contribution in [-0.4, -0.2) is 28.9 Å². The molecule has 16 heavy (non-hydrogen) atoms. The molecular weight excluding hydrogens is 215 g/mol. The van der Waals surface area contributed by atoms with Crippen LogP contribution >= 0.6 is 0 Å². The third-order valence-corrected chi connectivity index (χ3v) is 1.97. The van der Waals surface area contributed by atoms with E-state index in [-0.39, 0.29) is 18.8 Å². The summed E-state index contributed by atoms with van der Waals surface area (Å²) in [5.41, 5.74) is 0. The van der Waals surface area contributed by atoms with Gasteiger partial charge in [-0.1, -0.05) is 6.07 Å². The minimum Gasteiger partial charge on any atom is -0.493 e. The van der Waals surface area contributed by atoms with Crippen molar-refractivity contribution >= 4 is 5.97 Å². The molecule has 2 N–H and O–H groups in total. The van der Waals surface area contributed by atoms with E-state index in [1.807, 2.05) is 0 Å². The van der Waals surface area contributed by atoms with E-state index in [1.54, 1.807) is 6.07 Å². The van der Waals surface area contributed by atoms with Gasteiger partial charge < -0.3 is 14.9 Å². The summed E-state index contributed by atoms with van der Waals surface area (Å²) in [6, 6.07) is 5.68. The standard InChI is InChI=1S/C11H13FO4/c12-8-3-1-4-9(7-8)16-6-2-5-10(13)11(14)15/h1,3-4,7,10,13H,2,5-6H2,(H,14,15). The molecule has 4 nitrogen and oxygen atoms in total. The molecule has 1 aromatic carbocycles. The SMILES string of the molecule is O=C(O)C(O)CCCOc1cccc(F)c1. The van der Waals surface area contributed by atoms with Gasteiger partial charge in [0.1, 0.15) is 11.6 Å². The van der Waals surface area contributed by atoms with Crippen molar-refractivity contribution in [2.24, 2.45) is 0 Å². The Hall–Kier alpha value is -1.62. The summed E-state index contributed by atoms with van der Waals surface area (Å²) in [7, 11) is 0. The number of benzene rings is 1. The van der Waals surface area contributed by atoms with Gasteiger partial charge in [-0.15, -0.1) is 0 Å². The van der Waals surface area contributed by atoms with E-state index in [0.29, 0.717) is 12.2 Å². The van der Waals surface area contributed by atoms with Gasteiger partial charge in [0, 0.05) is 6.07 Å². The summed E-state index contributed by atoms with van der Waals surface area (Å²) in [4.78, 5) is 10.3. The van der Waals surface area contributed by atoms with Crippen LogP contribution in [-0.2, 0) is 4.79 Å². The van der Waals surface area contributed by atoms with Crippen molar-refractivity contribution in [2.45, 2.75) is 18.9 Å². The van der Waals surface area contributed by atoms with Crippen LogP contribution < -0.4 is 4.74 Å². The Labute approximate surface area is 92.3 Å². The maximum atomic E-state index is 12.7. The molecule has 0 saturated carbocycles. The molecule has 88 valence electrons. The number of rotatable bonds is 6. The first-order valence-corrected chi connectivity index (χ1v) is 4.89. The first-order valence-electron chi connectivity index (χ1n) is 4.89. The summed E-state index contributed by atoms with van der Waals surface area (Å²) in [6.45, 7) is 0.244. The first-order chi connectivity index (χ1) is 7.59. The normalized spacial score (nSPS) is 12.1. The molecule has 5 heteroatoms. The number of ether oxygens (including phenoxy) is 1. The number of carbonyl (C=O) groups is 1. The Morgan fingerprint density at radius 3 is 2.88 bits per heavy atom. The Bertz CT molecular complexity index is 354. The maximum absolute atomic E-state index is 12.7. The zero-order chi connectivity index (χ0) is 12.0. The van der Waals surface area contributed by atoms with Crippen molar-refractivity contribution in [3.63, 3.8) is 0 Å².